The second kappa shape index (κ2) is 5.02. The molecule has 0 aliphatic heterocycles. The SMILES string of the molecule is C=Cc1ccc(CNC=O)cc1C=C. The smallest absolute Gasteiger partial charge is 0.207 e. The summed E-state index contributed by atoms with van der Waals surface area (Å²) in [5, 5.41) is 2.61. The predicted molar refractivity (Wildman–Crippen MR) is 59.5 cm³/mol. The van der Waals surface area contributed by atoms with Crippen LogP contribution < -0.4 is 5.32 Å². The van der Waals surface area contributed by atoms with Crippen LogP contribution in [-0.2, 0) is 11.3 Å². The zero-order chi connectivity index (χ0) is 10.4. The van der Waals surface area contributed by atoms with Crippen molar-refractivity contribution in [3.63, 3.8) is 0 Å². The fourth-order valence-electron chi connectivity index (χ4n) is 1.26. The molecule has 1 amide bonds. The van der Waals surface area contributed by atoms with Gasteiger partial charge in [0.25, 0.3) is 0 Å². The molecule has 72 valence electrons. The number of hydrogen-bond acceptors (Lipinski definition) is 1. The molecule has 0 aliphatic carbocycles. The van der Waals surface area contributed by atoms with Gasteiger partial charge in [-0.3, -0.25) is 4.79 Å². The minimum atomic E-state index is 0.543. The lowest BCUT2D eigenvalue weighted by atomic mass is 10.0. The van der Waals surface area contributed by atoms with Crippen LogP contribution in [-0.4, -0.2) is 6.41 Å². The second-order valence-corrected chi connectivity index (χ2v) is 2.87. The Morgan fingerprint density at radius 3 is 2.50 bits per heavy atom. The molecule has 0 aromatic heterocycles. The molecule has 0 saturated heterocycles. The summed E-state index contributed by atoms with van der Waals surface area (Å²) in [5.74, 6) is 0. The van der Waals surface area contributed by atoms with Gasteiger partial charge in [-0.25, -0.2) is 0 Å². The van der Waals surface area contributed by atoms with Crippen molar-refractivity contribution in [3.8, 4) is 0 Å². The van der Waals surface area contributed by atoms with Crippen molar-refractivity contribution in [2.24, 2.45) is 0 Å². The van der Waals surface area contributed by atoms with E-state index in [-0.39, 0.29) is 0 Å². The van der Waals surface area contributed by atoms with Gasteiger partial charge < -0.3 is 5.32 Å². The number of rotatable bonds is 5. The summed E-state index contributed by atoms with van der Waals surface area (Å²) in [6, 6.07) is 5.91. The van der Waals surface area contributed by atoms with E-state index in [1.807, 2.05) is 18.2 Å². The van der Waals surface area contributed by atoms with Gasteiger partial charge in [-0.2, -0.15) is 0 Å². The van der Waals surface area contributed by atoms with Gasteiger partial charge >= 0.3 is 0 Å². The van der Waals surface area contributed by atoms with Crippen LogP contribution >= 0.6 is 0 Å². The summed E-state index contributed by atoms with van der Waals surface area (Å²) < 4.78 is 0. The van der Waals surface area contributed by atoms with Crippen LogP contribution in [0.1, 0.15) is 16.7 Å². The van der Waals surface area contributed by atoms with Gasteiger partial charge in [-0.1, -0.05) is 37.4 Å². The number of carbonyl (C=O) groups excluding carboxylic acids is 1. The molecule has 0 saturated carbocycles. The Bertz CT molecular complexity index is 355. The third-order valence-corrected chi connectivity index (χ3v) is 1.98. The largest absolute Gasteiger partial charge is 0.355 e. The van der Waals surface area contributed by atoms with Crippen LogP contribution in [0.4, 0.5) is 0 Å². The molecule has 1 aromatic rings. The zero-order valence-corrected chi connectivity index (χ0v) is 7.99. The molecular weight excluding hydrogens is 174 g/mol. The van der Waals surface area contributed by atoms with Gasteiger partial charge in [-0.15, -0.1) is 0 Å². The maximum Gasteiger partial charge on any atom is 0.207 e. The predicted octanol–water partition coefficient (Wildman–Crippen LogP) is 2.22. The summed E-state index contributed by atoms with van der Waals surface area (Å²) in [4.78, 5) is 10.1. The minimum absolute atomic E-state index is 0.543. The fourth-order valence-corrected chi connectivity index (χ4v) is 1.26. The van der Waals surface area contributed by atoms with Gasteiger partial charge in [0.05, 0.1) is 0 Å². The molecule has 0 spiro atoms. The Labute approximate surface area is 84.0 Å². The van der Waals surface area contributed by atoms with E-state index in [1.54, 1.807) is 12.2 Å². The van der Waals surface area contributed by atoms with Crippen molar-refractivity contribution < 1.29 is 4.79 Å². The average Bonchev–Trinajstić information content (AvgIpc) is 2.25. The Kier molecular flexibility index (Phi) is 3.68. The first-order valence-electron chi connectivity index (χ1n) is 4.36. The van der Waals surface area contributed by atoms with Crippen LogP contribution in [0.15, 0.2) is 31.4 Å². The molecule has 1 N–H and O–H groups in total. The van der Waals surface area contributed by atoms with Crippen molar-refractivity contribution in [1.82, 2.24) is 5.32 Å². The van der Waals surface area contributed by atoms with E-state index in [0.717, 1.165) is 16.7 Å². The third kappa shape index (κ3) is 2.33. The summed E-state index contributed by atoms with van der Waals surface area (Å²) in [6.45, 7) is 7.98. The first kappa shape index (κ1) is 10.3. The van der Waals surface area contributed by atoms with E-state index in [0.29, 0.717) is 13.0 Å². The number of carbonyl (C=O) groups is 1. The highest BCUT2D eigenvalue weighted by atomic mass is 16.1. The van der Waals surface area contributed by atoms with E-state index in [2.05, 4.69) is 18.5 Å². The van der Waals surface area contributed by atoms with Gasteiger partial charge in [0.1, 0.15) is 0 Å². The van der Waals surface area contributed by atoms with Crippen LogP contribution in [0, 0.1) is 0 Å². The maximum atomic E-state index is 10.1. The summed E-state index contributed by atoms with van der Waals surface area (Å²) in [5.41, 5.74) is 3.14. The zero-order valence-electron chi connectivity index (χ0n) is 7.99. The van der Waals surface area contributed by atoms with Crippen molar-refractivity contribution in [2.75, 3.05) is 0 Å². The normalized spacial score (nSPS) is 9.14. The van der Waals surface area contributed by atoms with Crippen molar-refractivity contribution in [1.29, 1.82) is 0 Å². The number of nitrogens with one attached hydrogen (secondary N) is 1. The Morgan fingerprint density at radius 1 is 1.21 bits per heavy atom. The molecule has 1 rings (SSSR count). The molecule has 0 fully saturated rings. The highest BCUT2D eigenvalue weighted by Gasteiger charge is 1.97. The summed E-state index contributed by atoms with van der Waals surface area (Å²) in [6.07, 6.45) is 4.25. The number of hydrogen-bond donors (Lipinski definition) is 1. The van der Waals surface area contributed by atoms with E-state index < -0.39 is 0 Å². The van der Waals surface area contributed by atoms with Crippen LogP contribution in [0.3, 0.4) is 0 Å². The van der Waals surface area contributed by atoms with Crippen molar-refractivity contribution in [2.45, 2.75) is 6.54 Å². The van der Waals surface area contributed by atoms with Crippen LogP contribution in [0.2, 0.25) is 0 Å². The summed E-state index contributed by atoms with van der Waals surface area (Å²) in [7, 11) is 0. The lowest BCUT2D eigenvalue weighted by molar-refractivity contribution is -0.109. The number of amides is 1. The highest BCUT2D eigenvalue weighted by Crippen LogP contribution is 2.14. The molecule has 0 aliphatic rings. The lowest BCUT2D eigenvalue weighted by Gasteiger charge is -2.04. The fraction of sp³-hybridized carbons (Fsp3) is 0.0833. The van der Waals surface area contributed by atoms with E-state index >= 15 is 0 Å². The molecule has 0 unspecified atom stereocenters. The first-order chi connectivity index (χ1) is 6.81. The molecule has 2 heteroatoms. The number of benzene rings is 1. The lowest BCUT2D eigenvalue weighted by Crippen LogP contribution is -2.09. The third-order valence-electron chi connectivity index (χ3n) is 1.98. The quantitative estimate of drug-likeness (QED) is 0.703. The maximum absolute atomic E-state index is 10.1. The van der Waals surface area contributed by atoms with E-state index in [1.165, 1.54) is 0 Å². The summed E-state index contributed by atoms with van der Waals surface area (Å²) >= 11 is 0. The molecule has 1 aromatic carbocycles. The molecule has 14 heavy (non-hydrogen) atoms. The average molecular weight is 187 g/mol. The Balaban J connectivity index is 2.94. The highest BCUT2D eigenvalue weighted by molar-refractivity contribution is 5.64. The van der Waals surface area contributed by atoms with E-state index in [4.69, 9.17) is 0 Å². The Hall–Kier alpha value is -1.83. The molecule has 0 radical (unpaired) electrons. The second-order valence-electron chi connectivity index (χ2n) is 2.87. The van der Waals surface area contributed by atoms with Crippen LogP contribution in [0.5, 0.6) is 0 Å². The van der Waals surface area contributed by atoms with Gasteiger partial charge in [0.2, 0.25) is 6.41 Å². The Morgan fingerprint density at radius 2 is 1.93 bits per heavy atom. The molecule has 0 heterocycles. The minimum Gasteiger partial charge on any atom is -0.355 e. The molecule has 0 bridgehead atoms. The van der Waals surface area contributed by atoms with Crippen LogP contribution in [0.25, 0.3) is 12.2 Å². The molecule has 0 atom stereocenters. The van der Waals surface area contributed by atoms with Gasteiger partial charge in [-0.05, 0) is 22.8 Å². The first-order valence-corrected chi connectivity index (χ1v) is 4.36. The van der Waals surface area contributed by atoms with Crippen molar-refractivity contribution in [3.05, 3.63) is 48.0 Å². The molecular formula is C12H13NO. The standard InChI is InChI=1S/C12H13NO/c1-3-11-6-5-10(8-13-9-14)7-12(11)4-2/h3-7,9H,1-2,8H2,(H,13,14). The molecule has 2 nitrogen and oxygen atoms in total. The van der Waals surface area contributed by atoms with Gasteiger partial charge in [0.15, 0.2) is 0 Å². The van der Waals surface area contributed by atoms with Gasteiger partial charge in [0, 0.05) is 6.54 Å². The topological polar surface area (TPSA) is 29.1 Å². The monoisotopic (exact) mass is 187 g/mol. The van der Waals surface area contributed by atoms with Crippen molar-refractivity contribution >= 4 is 18.6 Å². The van der Waals surface area contributed by atoms with E-state index in [9.17, 15) is 4.79 Å².